The number of hydrogen-bond donors (Lipinski definition) is 3. The van der Waals surface area contributed by atoms with Gasteiger partial charge in [0, 0.05) is 22.5 Å². The van der Waals surface area contributed by atoms with E-state index in [1.54, 1.807) is 32.4 Å². The van der Waals surface area contributed by atoms with E-state index in [-0.39, 0.29) is 6.03 Å². The summed E-state index contributed by atoms with van der Waals surface area (Å²) in [5.74, 6) is 1.17. The van der Waals surface area contributed by atoms with E-state index in [4.69, 9.17) is 9.47 Å². The molecule has 0 aliphatic rings. The van der Waals surface area contributed by atoms with Crippen molar-refractivity contribution in [2.75, 3.05) is 24.9 Å². The van der Waals surface area contributed by atoms with Crippen molar-refractivity contribution in [3.8, 4) is 22.8 Å². The van der Waals surface area contributed by atoms with Gasteiger partial charge in [-0.2, -0.15) is 0 Å². The highest BCUT2D eigenvalue weighted by Gasteiger charge is 2.16. The molecule has 0 aliphatic carbocycles. The number of hydrogen-bond acceptors (Lipinski definition) is 3. The Balaban J connectivity index is 1.68. The van der Waals surface area contributed by atoms with Crippen LogP contribution in [0, 0.1) is 0 Å². The minimum absolute atomic E-state index is 0.376. The zero-order valence-electron chi connectivity index (χ0n) is 16.2. The number of aromatic amines is 1. The van der Waals surface area contributed by atoms with Crippen LogP contribution in [0.15, 0.2) is 72.8 Å². The molecule has 4 aromatic rings. The first-order valence-electron chi connectivity index (χ1n) is 9.15. The summed E-state index contributed by atoms with van der Waals surface area (Å²) < 4.78 is 10.6. The molecule has 0 fully saturated rings. The molecule has 4 rings (SSSR count). The van der Waals surface area contributed by atoms with Gasteiger partial charge in [0.2, 0.25) is 0 Å². The number of H-pyrrole nitrogens is 1. The van der Waals surface area contributed by atoms with Crippen LogP contribution >= 0.6 is 0 Å². The number of aromatic nitrogens is 1. The highest BCUT2D eigenvalue weighted by atomic mass is 16.5. The van der Waals surface area contributed by atoms with Crippen LogP contribution in [0.25, 0.3) is 22.2 Å². The molecule has 2 amide bonds. The van der Waals surface area contributed by atoms with E-state index in [0.717, 1.165) is 22.2 Å². The Bertz CT molecular complexity index is 1150. The Kier molecular flexibility index (Phi) is 5.07. The van der Waals surface area contributed by atoms with E-state index in [0.29, 0.717) is 22.9 Å². The molecule has 0 atom stereocenters. The number of nitrogens with one attached hydrogen (secondary N) is 3. The summed E-state index contributed by atoms with van der Waals surface area (Å²) in [7, 11) is 3.13. The molecule has 0 saturated heterocycles. The van der Waals surface area contributed by atoms with E-state index in [2.05, 4.69) is 15.6 Å². The number of rotatable bonds is 5. The third-order valence-corrected chi connectivity index (χ3v) is 4.66. The Hall–Kier alpha value is -3.93. The highest BCUT2D eigenvalue weighted by Crippen LogP contribution is 2.35. The van der Waals surface area contributed by atoms with Gasteiger partial charge in [-0.25, -0.2) is 4.79 Å². The van der Waals surface area contributed by atoms with Crippen molar-refractivity contribution in [3.63, 3.8) is 0 Å². The first-order valence-corrected chi connectivity index (χ1v) is 9.15. The van der Waals surface area contributed by atoms with Crippen LogP contribution in [0.1, 0.15) is 0 Å². The topological polar surface area (TPSA) is 75.4 Å². The lowest BCUT2D eigenvalue weighted by Crippen LogP contribution is -2.20. The van der Waals surface area contributed by atoms with Crippen LogP contribution in [0.5, 0.6) is 11.5 Å². The molecule has 1 heterocycles. The average molecular weight is 387 g/mol. The van der Waals surface area contributed by atoms with Crippen molar-refractivity contribution in [2.24, 2.45) is 0 Å². The van der Waals surface area contributed by atoms with Gasteiger partial charge in [-0.1, -0.05) is 48.5 Å². The van der Waals surface area contributed by atoms with Crippen LogP contribution < -0.4 is 20.1 Å². The Morgan fingerprint density at radius 1 is 0.862 bits per heavy atom. The van der Waals surface area contributed by atoms with Crippen LogP contribution in [-0.2, 0) is 0 Å². The maximum Gasteiger partial charge on any atom is 0.323 e. The zero-order chi connectivity index (χ0) is 20.2. The fourth-order valence-corrected chi connectivity index (χ4v) is 3.27. The van der Waals surface area contributed by atoms with Crippen LogP contribution in [0.3, 0.4) is 0 Å². The molecular formula is C23H21N3O3. The molecule has 29 heavy (non-hydrogen) atoms. The Labute approximate surface area is 168 Å². The van der Waals surface area contributed by atoms with Crippen molar-refractivity contribution in [2.45, 2.75) is 0 Å². The predicted octanol–water partition coefficient (Wildman–Crippen LogP) is 5.50. The van der Waals surface area contributed by atoms with Gasteiger partial charge in [-0.05, 0) is 18.2 Å². The van der Waals surface area contributed by atoms with Gasteiger partial charge < -0.3 is 25.1 Å². The van der Waals surface area contributed by atoms with E-state index < -0.39 is 0 Å². The van der Waals surface area contributed by atoms with Gasteiger partial charge >= 0.3 is 6.03 Å². The van der Waals surface area contributed by atoms with Gasteiger partial charge in [0.1, 0.15) is 11.5 Å². The number of fused-ring (bicyclic) bond motifs is 1. The smallest absolute Gasteiger partial charge is 0.323 e. The third kappa shape index (κ3) is 3.73. The molecule has 1 aromatic heterocycles. The number of anilines is 2. The lowest BCUT2D eigenvalue weighted by Gasteiger charge is -2.13. The molecule has 0 unspecified atom stereocenters. The first-order chi connectivity index (χ1) is 14.2. The molecule has 3 N–H and O–H groups in total. The van der Waals surface area contributed by atoms with Gasteiger partial charge in [0.05, 0.1) is 31.3 Å². The Morgan fingerprint density at radius 3 is 2.38 bits per heavy atom. The van der Waals surface area contributed by atoms with E-state index >= 15 is 0 Å². The number of benzene rings is 3. The summed E-state index contributed by atoms with van der Waals surface area (Å²) in [6, 6.07) is 22.6. The lowest BCUT2D eigenvalue weighted by atomic mass is 10.1. The normalized spacial score (nSPS) is 10.6. The Morgan fingerprint density at radius 2 is 1.62 bits per heavy atom. The molecule has 0 radical (unpaired) electrons. The molecule has 6 heteroatoms. The van der Waals surface area contributed by atoms with E-state index in [1.165, 1.54) is 0 Å². The lowest BCUT2D eigenvalue weighted by molar-refractivity contribution is 0.262. The number of amides is 2. The monoisotopic (exact) mass is 387 g/mol. The molecule has 146 valence electrons. The molecular weight excluding hydrogens is 366 g/mol. The number of para-hydroxylation sites is 1. The second-order valence-corrected chi connectivity index (χ2v) is 6.43. The largest absolute Gasteiger partial charge is 0.497 e. The number of urea groups is 1. The number of ether oxygens (including phenoxy) is 2. The summed E-state index contributed by atoms with van der Waals surface area (Å²) in [4.78, 5) is 16.2. The van der Waals surface area contributed by atoms with Crippen molar-refractivity contribution in [1.29, 1.82) is 0 Å². The van der Waals surface area contributed by atoms with Crippen molar-refractivity contribution in [3.05, 3.63) is 72.8 Å². The maximum absolute atomic E-state index is 12.8. The van der Waals surface area contributed by atoms with Gasteiger partial charge in [-0.15, -0.1) is 0 Å². The zero-order valence-corrected chi connectivity index (χ0v) is 16.2. The second-order valence-electron chi connectivity index (χ2n) is 6.43. The standard InChI is InChI=1S/C23H21N3O3/c1-28-16-12-13-20(29-2)19(14-16)25-23(27)26-22-17-10-6-7-11-18(17)24-21(22)15-8-4-3-5-9-15/h3-14,24H,1-2H3,(H2,25,26,27). The summed E-state index contributed by atoms with van der Waals surface area (Å²) >= 11 is 0. The van der Waals surface area contributed by atoms with Gasteiger partial charge in [-0.3, -0.25) is 0 Å². The summed E-state index contributed by atoms with van der Waals surface area (Å²) in [6.45, 7) is 0. The van der Waals surface area contributed by atoms with Crippen molar-refractivity contribution < 1.29 is 14.3 Å². The SMILES string of the molecule is COc1ccc(OC)c(NC(=O)Nc2c(-c3ccccc3)[nH]c3ccccc23)c1. The maximum atomic E-state index is 12.8. The number of carbonyl (C=O) groups excluding carboxylic acids is 1. The molecule has 0 bridgehead atoms. The molecule has 3 aromatic carbocycles. The van der Waals surface area contributed by atoms with Gasteiger partial charge in [0.25, 0.3) is 0 Å². The van der Waals surface area contributed by atoms with Crippen LogP contribution in [0.2, 0.25) is 0 Å². The van der Waals surface area contributed by atoms with Crippen molar-refractivity contribution >= 4 is 28.3 Å². The molecule has 0 saturated carbocycles. The quantitative estimate of drug-likeness (QED) is 0.423. The second kappa shape index (κ2) is 7.98. The number of carbonyl (C=O) groups is 1. The summed E-state index contributed by atoms with van der Waals surface area (Å²) in [6.07, 6.45) is 0. The van der Waals surface area contributed by atoms with Crippen LogP contribution in [0.4, 0.5) is 16.2 Å². The fourth-order valence-electron chi connectivity index (χ4n) is 3.27. The molecule has 0 aliphatic heterocycles. The average Bonchev–Trinajstić information content (AvgIpc) is 3.12. The molecule has 6 nitrogen and oxygen atoms in total. The highest BCUT2D eigenvalue weighted by molar-refractivity contribution is 6.11. The van der Waals surface area contributed by atoms with Crippen LogP contribution in [-0.4, -0.2) is 25.2 Å². The van der Waals surface area contributed by atoms with E-state index in [1.807, 2.05) is 54.6 Å². The minimum atomic E-state index is -0.376. The number of methoxy groups -OCH3 is 2. The van der Waals surface area contributed by atoms with Gasteiger partial charge in [0.15, 0.2) is 0 Å². The fraction of sp³-hybridized carbons (Fsp3) is 0.0870. The first kappa shape index (κ1) is 18.4. The summed E-state index contributed by atoms with van der Waals surface area (Å²) in [5, 5.41) is 6.77. The summed E-state index contributed by atoms with van der Waals surface area (Å²) in [5.41, 5.74) is 4.01. The predicted molar refractivity (Wildman–Crippen MR) is 116 cm³/mol. The molecule has 0 spiro atoms. The van der Waals surface area contributed by atoms with E-state index in [9.17, 15) is 4.79 Å². The third-order valence-electron chi connectivity index (χ3n) is 4.66. The van der Waals surface area contributed by atoms with Crippen molar-refractivity contribution in [1.82, 2.24) is 4.98 Å². The minimum Gasteiger partial charge on any atom is -0.497 e.